The standard InChI is InChI=1S/C8H17NO3S/c1-3-9(4-2)7-5-13(11,12)6-8(7)10/h7-8,10H,3-6H2,1-2H3/p+1/t7-,8+/m1/s1. The van der Waals surface area contributed by atoms with E-state index < -0.39 is 15.9 Å². The molecule has 4 nitrogen and oxygen atoms in total. The molecule has 0 aromatic rings. The summed E-state index contributed by atoms with van der Waals surface area (Å²) in [4.78, 5) is 1.17. The Morgan fingerprint density at radius 2 is 1.85 bits per heavy atom. The molecule has 1 aliphatic heterocycles. The zero-order chi connectivity index (χ0) is 10.1. The van der Waals surface area contributed by atoms with Crippen LogP contribution in [0.15, 0.2) is 0 Å². The summed E-state index contributed by atoms with van der Waals surface area (Å²) in [6.07, 6.45) is -0.667. The summed E-state index contributed by atoms with van der Waals surface area (Å²) in [5.74, 6) is 0.0896. The van der Waals surface area contributed by atoms with Crippen molar-refractivity contribution < 1.29 is 18.4 Å². The molecule has 1 heterocycles. The normalized spacial score (nSPS) is 32.6. The average molecular weight is 208 g/mol. The predicted molar refractivity (Wildman–Crippen MR) is 50.5 cm³/mol. The minimum absolute atomic E-state index is 0.0544. The molecule has 0 spiro atoms. The zero-order valence-corrected chi connectivity index (χ0v) is 8.97. The van der Waals surface area contributed by atoms with Crippen molar-refractivity contribution >= 4 is 9.84 Å². The molecule has 0 amide bonds. The van der Waals surface area contributed by atoms with E-state index in [-0.39, 0.29) is 17.5 Å². The van der Waals surface area contributed by atoms with E-state index in [1.807, 2.05) is 13.8 Å². The summed E-state index contributed by atoms with van der Waals surface area (Å²) >= 11 is 0. The number of hydrogen-bond donors (Lipinski definition) is 2. The Kier molecular flexibility index (Phi) is 3.32. The molecule has 0 radical (unpaired) electrons. The Morgan fingerprint density at radius 3 is 2.15 bits per heavy atom. The number of hydrogen-bond acceptors (Lipinski definition) is 3. The average Bonchev–Trinajstić information content (AvgIpc) is 2.28. The Bertz CT molecular complexity index is 259. The molecule has 0 aromatic carbocycles. The van der Waals surface area contributed by atoms with Crippen LogP contribution in [-0.4, -0.2) is 50.3 Å². The number of likely N-dealkylation sites (N-methyl/N-ethyl adjacent to an activating group) is 1. The van der Waals surface area contributed by atoms with Crippen molar-refractivity contribution in [3.8, 4) is 0 Å². The summed E-state index contributed by atoms with van der Waals surface area (Å²) in [6, 6.07) is -0.111. The highest BCUT2D eigenvalue weighted by atomic mass is 32.2. The fraction of sp³-hybridized carbons (Fsp3) is 1.00. The number of aliphatic hydroxyl groups excluding tert-OH is 1. The van der Waals surface area contributed by atoms with Gasteiger partial charge in [0.2, 0.25) is 0 Å². The van der Waals surface area contributed by atoms with E-state index in [0.717, 1.165) is 13.1 Å². The minimum atomic E-state index is -2.98. The van der Waals surface area contributed by atoms with Gasteiger partial charge in [-0.15, -0.1) is 0 Å². The molecule has 0 unspecified atom stereocenters. The van der Waals surface area contributed by atoms with E-state index in [4.69, 9.17) is 0 Å². The SMILES string of the molecule is CC[NH+](CC)[C@@H]1CS(=O)(=O)C[C@@H]1O. The lowest BCUT2D eigenvalue weighted by atomic mass is 10.2. The number of aliphatic hydroxyl groups is 1. The highest BCUT2D eigenvalue weighted by Gasteiger charge is 2.41. The Labute approximate surface area is 79.5 Å². The third-order valence-corrected chi connectivity index (χ3v) is 4.47. The summed E-state index contributed by atoms with van der Waals surface area (Å²) in [7, 11) is -2.98. The molecule has 0 saturated carbocycles. The molecule has 13 heavy (non-hydrogen) atoms. The lowest BCUT2D eigenvalue weighted by Gasteiger charge is -2.24. The topological polar surface area (TPSA) is 58.8 Å². The molecule has 1 rings (SSSR count). The minimum Gasteiger partial charge on any atom is -0.386 e. The molecule has 0 aromatic heterocycles. The molecule has 78 valence electrons. The van der Waals surface area contributed by atoms with Crippen molar-refractivity contribution in [2.24, 2.45) is 0 Å². The van der Waals surface area contributed by atoms with Crippen LogP contribution in [0.1, 0.15) is 13.8 Å². The number of rotatable bonds is 3. The second-order valence-electron chi connectivity index (χ2n) is 3.62. The summed E-state index contributed by atoms with van der Waals surface area (Å²) in [5, 5.41) is 9.56. The van der Waals surface area contributed by atoms with Crippen LogP contribution in [0.3, 0.4) is 0 Å². The van der Waals surface area contributed by atoms with Gasteiger partial charge in [0, 0.05) is 0 Å². The van der Waals surface area contributed by atoms with Gasteiger partial charge in [0.25, 0.3) is 0 Å². The second-order valence-corrected chi connectivity index (χ2v) is 5.77. The number of sulfone groups is 1. The van der Waals surface area contributed by atoms with Crippen molar-refractivity contribution in [3.63, 3.8) is 0 Å². The van der Waals surface area contributed by atoms with E-state index >= 15 is 0 Å². The van der Waals surface area contributed by atoms with Crippen LogP contribution in [0, 0.1) is 0 Å². The van der Waals surface area contributed by atoms with Gasteiger partial charge in [0.15, 0.2) is 9.84 Å². The molecule has 1 fully saturated rings. The van der Waals surface area contributed by atoms with Gasteiger partial charge < -0.3 is 10.0 Å². The van der Waals surface area contributed by atoms with Crippen molar-refractivity contribution in [2.75, 3.05) is 24.6 Å². The van der Waals surface area contributed by atoms with Gasteiger partial charge in [-0.3, -0.25) is 0 Å². The summed E-state index contributed by atoms with van der Waals surface area (Å²) in [5.41, 5.74) is 0. The largest absolute Gasteiger partial charge is 0.386 e. The van der Waals surface area contributed by atoms with Gasteiger partial charge in [0.05, 0.1) is 18.8 Å². The summed E-state index contributed by atoms with van der Waals surface area (Å²) < 4.78 is 22.4. The van der Waals surface area contributed by atoms with E-state index in [9.17, 15) is 13.5 Å². The highest BCUT2D eigenvalue weighted by molar-refractivity contribution is 7.91. The van der Waals surface area contributed by atoms with Gasteiger partial charge in [-0.25, -0.2) is 8.42 Å². The molecule has 5 heteroatoms. The van der Waals surface area contributed by atoms with Crippen LogP contribution in [-0.2, 0) is 9.84 Å². The fourth-order valence-electron chi connectivity index (χ4n) is 1.99. The van der Waals surface area contributed by atoms with Gasteiger partial charge in [-0.2, -0.15) is 0 Å². The molecule has 0 bridgehead atoms. The third-order valence-electron chi connectivity index (χ3n) is 2.76. The fourth-order valence-corrected chi connectivity index (χ4v) is 3.89. The smallest absolute Gasteiger partial charge is 0.159 e. The first kappa shape index (κ1) is 10.9. The first-order chi connectivity index (χ1) is 6.00. The predicted octanol–water partition coefficient (Wildman–Crippen LogP) is -1.93. The van der Waals surface area contributed by atoms with Crippen LogP contribution in [0.25, 0.3) is 0 Å². The second kappa shape index (κ2) is 3.94. The highest BCUT2D eigenvalue weighted by Crippen LogP contribution is 2.09. The van der Waals surface area contributed by atoms with Gasteiger partial charge in [-0.05, 0) is 13.8 Å². The van der Waals surface area contributed by atoms with Crippen LogP contribution in [0.2, 0.25) is 0 Å². The van der Waals surface area contributed by atoms with Gasteiger partial charge in [0.1, 0.15) is 17.9 Å². The monoisotopic (exact) mass is 208 g/mol. The quantitative estimate of drug-likeness (QED) is 0.568. The van der Waals surface area contributed by atoms with Gasteiger partial charge in [-0.1, -0.05) is 0 Å². The first-order valence-corrected chi connectivity index (χ1v) is 6.55. The van der Waals surface area contributed by atoms with Crippen molar-refractivity contribution in [1.82, 2.24) is 0 Å². The van der Waals surface area contributed by atoms with Crippen molar-refractivity contribution in [2.45, 2.75) is 26.0 Å². The van der Waals surface area contributed by atoms with Crippen LogP contribution in [0.4, 0.5) is 0 Å². The van der Waals surface area contributed by atoms with E-state index in [1.54, 1.807) is 0 Å². The Balaban J connectivity index is 2.72. The van der Waals surface area contributed by atoms with Crippen LogP contribution >= 0.6 is 0 Å². The van der Waals surface area contributed by atoms with Crippen molar-refractivity contribution in [1.29, 1.82) is 0 Å². The third kappa shape index (κ3) is 2.42. The maximum absolute atomic E-state index is 11.2. The molecule has 1 aliphatic rings. The number of quaternary nitrogens is 1. The van der Waals surface area contributed by atoms with Crippen LogP contribution in [0.5, 0.6) is 0 Å². The van der Waals surface area contributed by atoms with E-state index in [1.165, 1.54) is 4.90 Å². The molecule has 0 aliphatic carbocycles. The van der Waals surface area contributed by atoms with E-state index in [2.05, 4.69) is 0 Å². The molecule has 2 atom stereocenters. The van der Waals surface area contributed by atoms with Gasteiger partial charge >= 0.3 is 0 Å². The van der Waals surface area contributed by atoms with E-state index in [0.29, 0.717) is 0 Å². The summed E-state index contributed by atoms with van der Waals surface area (Å²) in [6.45, 7) is 5.76. The number of nitrogens with one attached hydrogen (secondary N) is 1. The molecular formula is C8H18NO3S+. The maximum Gasteiger partial charge on any atom is 0.159 e. The van der Waals surface area contributed by atoms with Crippen molar-refractivity contribution in [3.05, 3.63) is 0 Å². The van der Waals surface area contributed by atoms with Crippen LogP contribution < -0.4 is 4.90 Å². The lowest BCUT2D eigenvalue weighted by molar-refractivity contribution is -0.922. The Hall–Kier alpha value is -0.130. The molecule has 2 N–H and O–H groups in total. The first-order valence-electron chi connectivity index (χ1n) is 4.73. The lowest BCUT2D eigenvalue weighted by Crippen LogP contribution is -3.16. The molecular weight excluding hydrogens is 190 g/mol. The zero-order valence-electron chi connectivity index (χ0n) is 8.16. The maximum atomic E-state index is 11.2. The molecule has 1 saturated heterocycles. The Morgan fingerprint density at radius 1 is 1.31 bits per heavy atom.